The van der Waals surface area contributed by atoms with Crippen molar-refractivity contribution in [1.82, 2.24) is 25.4 Å². The Morgan fingerprint density at radius 3 is 2.61 bits per heavy atom. The molecule has 0 amide bonds. The zero-order valence-electron chi connectivity index (χ0n) is 12.6. The maximum atomic E-state index is 4.39. The molecule has 2 aromatic heterocycles. The van der Waals surface area contributed by atoms with Crippen LogP contribution in [0.25, 0.3) is 34.4 Å². The molecule has 0 unspecified atom stereocenters. The van der Waals surface area contributed by atoms with E-state index in [1.807, 2.05) is 18.2 Å². The summed E-state index contributed by atoms with van der Waals surface area (Å²) in [5.41, 5.74) is 5.29. The molecule has 0 aliphatic rings. The SMILES string of the molecule is Cc1ccc(C=Cc2n[nH]c3ccc(-c4ncn[nH]4)cc23)cc1. The molecule has 2 heterocycles. The third-order valence-electron chi connectivity index (χ3n) is 3.79. The van der Waals surface area contributed by atoms with Crippen LogP contribution in [-0.2, 0) is 0 Å². The minimum absolute atomic E-state index is 0.751. The second-order valence-electron chi connectivity index (χ2n) is 5.45. The number of benzene rings is 2. The number of fused-ring (bicyclic) bond motifs is 1. The summed E-state index contributed by atoms with van der Waals surface area (Å²) in [6.45, 7) is 2.08. The summed E-state index contributed by atoms with van der Waals surface area (Å²) >= 11 is 0. The molecule has 0 bridgehead atoms. The van der Waals surface area contributed by atoms with Gasteiger partial charge >= 0.3 is 0 Å². The fourth-order valence-corrected chi connectivity index (χ4v) is 2.51. The topological polar surface area (TPSA) is 70.2 Å². The first kappa shape index (κ1) is 13.5. The van der Waals surface area contributed by atoms with E-state index in [0.29, 0.717) is 0 Å². The van der Waals surface area contributed by atoms with E-state index in [9.17, 15) is 0 Å². The first-order valence-corrected chi connectivity index (χ1v) is 7.38. The highest BCUT2D eigenvalue weighted by atomic mass is 15.2. The van der Waals surface area contributed by atoms with Crippen molar-refractivity contribution in [3.8, 4) is 11.4 Å². The molecule has 2 N–H and O–H groups in total. The summed E-state index contributed by atoms with van der Waals surface area (Å²) < 4.78 is 0. The number of H-pyrrole nitrogens is 2. The van der Waals surface area contributed by atoms with Crippen molar-refractivity contribution in [3.63, 3.8) is 0 Å². The summed E-state index contributed by atoms with van der Waals surface area (Å²) in [6.07, 6.45) is 5.59. The van der Waals surface area contributed by atoms with Gasteiger partial charge in [0, 0.05) is 10.9 Å². The second-order valence-corrected chi connectivity index (χ2v) is 5.45. The number of hydrogen-bond donors (Lipinski definition) is 2. The van der Waals surface area contributed by atoms with Crippen LogP contribution in [-0.4, -0.2) is 25.4 Å². The van der Waals surface area contributed by atoms with Crippen LogP contribution < -0.4 is 0 Å². The van der Waals surface area contributed by atoms with E-state index >= 15 is 0 Å². The molecule has 0 aliphatic heterocycles. The minimum atomic E-state index is 0.751. The van der Waals surface area contributed by atoms with E-state index in [2.05, 4.69) is 68.7 Å². The normalized spacial score (nSPS) is 11.5. The molecule has 112 valence electrons. The van der Waals surface area contributed by atoms with Crippen LogP contribution in [0.2, 0.25) is 0 Å². The largest absolute Gasteiger partial charge is 0.277 e. The lowest BCUT2D eigenvalue weighted by atomic mass is 10.1. The van der Waals surface area contributed by atoms with Gasteiger partial charge in [0.2, 0.25) is 0 Å². The van der Waals surface area contributed by atoms with Crippen molar-refractivity contribution < 1.29 is 0 Å². The van der Waals surface area contributed by atoms with E-state index in [0.717, 1.165) is 33.5 Å². The third-order valence-corrected chi connectivity index (χ3v) is 3.79. The van der Waals surface area contributed by atoms with E-state index in [1.54, 1.807) is 0 Å². The van der Waals surface area contributed by atoms with E-state index in [4.69, 9.17) is 0 Å². The Labute approximate surface area is 133 Å². The van der Waals surface area contributed by atoms with Crippen molar-refractivity contribution in [3.05, 3.63) is 65.6 Å². The fraction of sp³-hybridized carbons (Fsp3) is 0.0556. The Bertz CT molecular complexity index is 963. The molecule has 0 radical (unpaired) electrons. The second kappa shape index (κ2) is 5.53. The van der Waals surface area contributed by atoms with Crippen molar-refractivity contribution in [1.29, 1.82) is 0 Å². The lowest BCUT2D eigenvalue weighted by molar-refractivity contribution is 1.10. The number of aromatic amines is 2. The van der Waals surface area contributed by atoms with Crippen LogP contribution >= 0.6 is 0 Å². The summed E-state index contributed by atoms with van der Waals surface area (Å²) in [4.78, 5) is 4.19. The number of rotatable bonds is 3. The highest BCUT2D eigenvalue weighted by molar-refractivity contribution is 5.91. The standard InChI is InChI=1S/C18H15N5/c1-12-2-4-13(5-3-12)6-8-16-15-10-14(18-19-11-20-23-18)7-9-17(15)22-21-16/h2-11H,1H3,(H,21,22)(H,19,20,23). The molecule has 0 saturated carbocycles. The van der Waals surface area contributed by atoms with Crippen LogP contribution in [0.15, 0.2) is 48.8 Å². The van der Waals surface area contributed by atoms with Crippen LogP contribution in [0.3, 0.4) is 0 Å². The monoisotopic (exact) mass is 301 g/mol. The molecular formula is C18H15N5. The van der Waals surface area contributed by atoms with Crippen LogP contribution in [0, 0.1) is 6.92 Å². The molecule has 0 atom stereocenters. The molecule has 23 heavy (non-hydrogen) atoms. The fourth-order valence-electron chi connectivity index (χ4n) is 2.51. The molecule has 5 heteroatoms. The van der Waals surface area contributed by atoms with Gasteiger partial charge in [-0.3, -0.25) is 10.2 Å². The molecule has 0 fully saturated rings. The van der Waals surface area contributed by atoms with Crippen LogP contribution in [0.4, 0.5) is 0 Å². The number of hydrogen-bond acceptors (Lipinski definition) is 3. The van der Waals surface area contributed by atoms with Crippen molar-refractivity contribution >= 4 is 23.1 Å². The van der Waals surface area contributed by atoms with Gasteiger partial charge in [-0.1, -0.05) is 35.9 Å². The summed E-state index contributed by atoms with van der Waals surface area (Å²) in [6, 6.07) is 14.5. The lowest BCUT2D eigenvalue weighted by Crippen LogP contribution is -1.81. The van der Waals surface area contributed by atoms with Gasteiger partial charge in [0.15, 0.2) is 5.82 Å². The Morgan fingerprint density at radius 1 is 0.957 bits per heavy atom. The van der Waals surface area contributed by atoms with Gasteiger partial charge in [0.1, 0.15) is 6.33 Å². The molecule has 5 nitrogen and oxygen atoms in total. The number of aryl methyl sites for hydroxylation is 1. The Hall–Kier alpha value is -3.21. The Kier molecular flexibility index (Phi) is 3.24. The van der Waals surface area contributed by atoms with Gasteiger partial charge in [-0.15, -0.1) is 0 Å². The Balaban J connectivity index is 1.72. The van der Waals surface area contributed by atoms with Gasteiger partial charge in [-0.05, 0) is 36.8 Å². The van der Waals surface area contributed by atoms with Crippen LogP contribution in [0.5, 0.6) is 0 Å². The summed E-state index contributed by atoms with van der Waals surface area (Å²) in [5, 5.41) is 15.3. The lowest BCUT2D eigenvalue weighted by Gasteiger charge is -1.97. The van der Waals surface area contributed by atoms with E-state index in [1.165, 1.54) is 11.9 Å². The summed E-state index contributed by atoms with van der Waals surface area (Å²) in [5.74, 6) is 0.751. The Morgan fingerprint density at radius 2 is 1.83 bits per heavy atom. The minimum Gasteiger partial charge on any atom is -0.277 e. The van der Waals surface area contributed by atoms with Crippen molar-refractivity contribution in [2.45, 2.75) is 6.92 Å². The van der Waals surface area contributed by atoms with Gasteiger partial charge < -0.3 is 0 Å². The smallest absolute Gasteiger partial charge is 0.155 e. The zero-order chi connectivity index (χ0) is 15.6. The van der Waals surface area contributed by atoms with Gasteiger partial charge in [0.25, 0.3) is 0 Å². The third kappa shape index (κ3) is 2.64. The summed E-state index contributed by atoms with van der Waals surface area (Å²) in [7, 11) is 0. The predicted molar refractivity (Wildman–Crippen MR) is 91.6 cm³/mol. The van der Waals surface area contributed by atoms with E-state index < -0.39 is 0 Å². The van der Waals surface area contributed by atoms with Crippen molar-refractivity contribution in [2.75, 3.05) is 0 Å². The van der Waals surface area contributed by atoms with E-state index in [-0.39, 0.29) is 0 Å². The highest BCUT2D eigenvalue weighted by Crippen LogP contribution is 2.24. The molecule has 4 aromatic rings. The number of nitrogens with one attached hydrogen (secondary N) is 2. The number of nitrogens with zero attached hydrogens (tertiary/aromatic N) is 3. The molecule has 2 aromatic carbocycles. The van der Waals surface area contributed by atoms with Crippen LogP contribution in [0.1, 0.15) is 16.8 Å². The maximum absolute atomic E-state index is 4.39. The molecule has 0 spiro atoms. The first-order chi connectivity index (χ1) is 11.3. The first-order valence-electron chi connectivity index (χ1n) is 7.38. The van der Waals surface area contributed by atoms with Gasteiger partial charge in [-0.2, -0.15) is 10.2 Å². The van der Waals surface area contributed by atoms with Crippen molar-refractivity contribution in [2.24, 2.45) is 0 Å². The average molecular weight is 301 g/mol. The highest BCUT2D eigenvalue weighted by Gasteiger charge is 2.07. The average Bonchev–Trinajstić information content (AvgIpc) is 3.24. The zero-order valence-corrected chi connectivity index (χ0v) is 12.6. The molecule has 4 rings (SSSR count). The molecule has 0 aliphatic carbocycles. The maximum Gasteiger partial charge on any atom is 0.155 e. The molecular weight excluding hydrogens is 286 g/mol. The quantitative estimate of drug-likeness (QED) is 0.604. The van der Waals surface area contributed by atoms with Gasteiger partial charge in [-0.25, -0.2) is 4.98 Å². The van der Waals surface area contributed by atoms with Gasteiger partial charge in [0.05, 0.1) is 11.2 Å². The number of aromatic nitrogens is 5. The predicted octanol–water partition coefficient (Wildman–Crippen LogP) is 3.83. The molecule has 0 saturated heterocycles.